The van der Waals surface area contributed by atoms with E-state index in [0.29, 0.717) is 23.3 Å². The third-order valence-electron chi connectivity index (χ3n) is 4.52. The number of ketones is 1. The monoisotopic (exact) mass is 388 g/mol. The van der Waals surface area contributed by atoms with Gasteiger partial charge in [0.1, 0.15) is 12.1 Å². The molecule has 4 aromatic rings. The number of nitrogens with one attached hydrogen (secondary N) is 1. The van der Waals surface area contributed by atoms with E-state index in [1.807, 2.05) is 30.3 Å². The minimum atomic E-state index is -0.410. The topological polar surface area (TPSA) is 76.4 Å². The average Bonchev–Trinajstić information content (AvgIpc) is 3.18. The van der Waals surface area contributed by atoms with Crippen LogP contribution in [0.1, 0.15) is 29.4 Å². The number of anilines is 1. The normalized spacial score (nSPS) is 10.8. The number of fused-ring (bicyclic) bond motifs is 1. The van der Waals surface area contributed by atoms with Crippen molar-refractivity contribution < 1.29 is 14.0 Å². The molecule has 0 aliphatic carbocycles. The summed E-state index contributed by atoms with van der Waals surface area (Å²) in [6, 6.07) is 14.5. The first kappa shape index (κ1) is 18.5. The van der Waals surface area contributed by atoms with Gasteiger partial charge in [-0.2, -0.15) is 0 Å². The number of carbonyl (C=O) groups excluding carboxylic acids is 2. The molecule has 0 bridgehead atoms. The zero-order chi connectivity index (χ0) is 20.4. The lowest BCUT2D eigenvalue weighted by atomic mass is 10.1. The molecule has 0 atom stereocenters. The van der Waals surface area contributed by atoms with E-state index in [2.05, 4.69) is 15.3 Å². The van der Waals surface area contributed by atoms with Gasteiger partial charge in [-0.15, -0.1) is 0 Å². The smallest absolute Gasteiger partial charge is 0.224 e. The first-order valence-corrected chi connectivity index (χ1v) is 9.09. The third-order valence-corrected chi connectivity index (χ3v) is 4.52. The summed E-state index contributed by atoms with van der Waals surface area (Å²) in [5, 5.41) is 2.84. The van der Waals surface area contributed by atoms with Crippen LogP contribution in [0.2, 0.25) is 0 Å². The molecule has 6 nitrogen and oxygen atoms in total. The standard InChI is InChI=1S/C22H17FN4O2/c1-2-19(28)26-17-5-3-4-15(12-17)18-10-11-24-22-20(25-13-27(18)22)21(29)14-6-8-16(23)9-7-14/h3-13H,2H2,1H3,(H,26,28). The van der Waals surface area contributed by atoms with Crippen LogP contribution in [-0.4, -0.2) is 26.1 Å². The quantitative estimate of drug-likeness (QED) is 0.522. The highest BCUT2D eigenvalue weighted by atomic mass is 19.1. The molecule has 1 N–H and O–H groups in total. The summed E-state index contributed by atoms with van der Waals surface area (Å²) in [5.41, 5.74) is 3.22. The molecule has 2 aromatic heterocycles. The van der Waals surface area contributed by atoms with Crippen LogP contribution in [-0.2, 0) is 4.79 Å². The summed E-state index contributed by atoms with van der Waals surface area (Å²) in [4.78, 5) is 33.0. The van der Waals surface area contributed by atoms with Gasteiger partial charge < -0.3 is 5.32 Å². The molecule has 0 radical (unpaired) electrons. The second-order valence-electron chi connectivity index (χ2n) is 6.44. The minimum absolute atomic E-state index is 0.0724. The molecule has 29 heavy (non-hydrogen) atoms. The number of amides is 1. The Morgan fingerprint density at radius 2 is 1.86 bits per heavy atom. The Balaban J connectivity index is 1.75. The number of benzene rings is 2. The largest absolute Gasteiger partial charge is 0.326 e. The molecule has 7 heteroatoms. The summed E-state index contributed by atoms with van der Waals surface area (Å²) >= 11 is 0. The number of halogens is 1. The van der Waals surface area contributed by atoms with Crippen LogP contribution in [0.5, 0.6) is 0 Å². The third kappa shape index (κ3) is 3.62. The predicted molar refractivity (Wildman–Crippen MR) is 107 cm³/mol. The van der Waals surface area contributed by atoms with Gasteiger partial charge in [0.05, 0.1) is 5.69 Å². The van der Waals surface area contributed by atoms with Gasteiger partial charge in [0.25, 0.3) is 0 Å². The van der Waals surface area contributed by atoms with Crippen molar-refractivity contribution in [1.82, 2.24) is 14.4 Å². The number of rotatable bonds is 5. The molecule has 0 aliphatic rings. The number of nitrogens with zero attached hydrogens (tertiary/aromatic N) is 3. The molecule has 1 amide bonds. The maximum Gasteiger partial charge on any atom is 0.224 e. The van der Waals surface area contributed by atoms with Crippen molar-refractivity contribution >= 4 is 23.0 Å². The van der Waals surface area contributed by atoms with Gasteiger partial charge in [0.2, 0.25) is 11.7 Å². The van der Waals surface area contributed by atoms with Gasteiger partial charge in [-0.25, -0.2) is 14.4 Å². The highest BCUT2D eigenvalue weighted by Crippen LogP contribution is 2.25. The zero-order valence-corrected chi connectivity index (χ0v) is 15.6. The summed E-state index contributed by atoms with van der Waals surface area (Å²) in [7, 11) is 0. The Kier molecular flexibility index (Phi) is 4.87. The van der Waals surface area contributed by atoms with Crippen LogP contribution < -0.4 is 5.32 Å². The van der Waals surface area contributed by atoms with E-state index in [1.165, 1.54) is 30.6 Å². The fraction of sp³-hybridized carbons (Fsp3) is 0.0909. The molecule has 2 aromatic carbocycles. The van der Waals surface area contributed by atoms with Crippen molar-refractivity contribution in [3.63, 3.8) is 0 Å². The fourth-order valence-electron chi connectivity index (χ4n) is 3.04. The number of hydrogen-bond donors (Lipinski definition) is 1. The van der Waals surface area contributed by atoms with Crippen LogP contribution in [0, 0.1) is 5.82 Å². The van der Waals surface area contributed by atoms with Crippen molar-refractivity contribution in [2.75, 3.05) is 5.32 Å². The first-order valence-electron chi connectivity index (χ1n) is 9.09. The van der Waals surface area contributed by atoms with Crippen LogP contribution in [0.15, 0.2) is 67.1 Å². The van der Waals surface area contributed by atoms with Crippen molar-refractivity contribution in [2.24, 2.45) is 0 Å². The number of imidazole rings is 1. The van der Waals surface area contributed by atoms with E-state index in [-0.39, 0.29) is 17.4 Å². The van der Waals surface area contributed by atoms with Crippen LogP contribution in [0.25, 0.3) is 16.9 Å². The zero-order valence-electron chi connectivity index (χ0n) is 15.6. The molecular weight excluding hydrogens is 371 g/mol. The molecule has 144 valence electrons. The summed E-state index contributed by atoms with van der Waals surface area (Å²) in [6.45, 7) is 1.79. The minimum Gasteiger partial charge on any atom is -0.326 e. The summed E-state index contributed by atoms with van der Waals surface area (Å²) in [5.74, 6) is -0.815. The summed E-state index contributed by atoms with van der Waals surface area (Å²) in [6.07, 6.45) is 3.52. The van der Waals surface area contributed by atoms with Gasteiger partial charge in [-0.3, -0.25) is 14.0 Å². The highest BCUT2D eigenvalue weighted by molar-refractivity contribution is 6.11. The first-order chi connectivity index (χ1) is 14.1. The maximum atomic E-state index is 13.2. The second kappa shape index (κ2) is 7.63. The number of carbonyl (C=O) groups is 2. The molecule has 0 aliphatic heterocycles. The van der Waals surface area contributed by atoms with Crippen LogP contribution in [0.4, 0.5) is 10.1 Å². The van der Waals surface area contributed by atoms with E-state index in [4.69, 9.17) is 0 Å². The molecule has 0 fully saturated rings. The van der Waals surface area contributed by atoms with Gasteiger partial charge in [-0.1, -0.05) is 19.1 Å². The lowest BCUT2D eigenvalue weighted by Crippen LogP contribution is -2.09. The molecule has 4 rings (SSSR count). The Labute approximate surface area is 166 Å². The van der Waals surface area contributed by atoms with E-state index >= 15 is 0 Å². The van der Waals surface area contributed by atoms with E-state index < -0.39 is 5.82 Å². The van der Waals surface area contributed by atoms with Crippen molar-refractivity contribution in [2.45, 2.75) is 13.3 Å². The molecular formula is C22H17FN4O2. The van der Waals surface area contributed by atoms with Crippen LogP contribution >= 0.6 is 0 Å². The SMILES string of the molecule is CCC(=O)Nc1cccc(-c2ccnc3c(C(=O)c4ccc(F)cc4)ncn23)c1. The van der Waals surface area contributed by atoms with E-state index in [1.54, 1.807) is 17.5 Å². The summed E-state index contributed by atoms with van der Waals surface area (Å²) < 4.78 is 14.9. The maximum absolute atomic E-state index is 13.2. The lowest BCUT2D eigenvalue weighted by molar-refractivity contribution is -0.115. The van der Waals surface area contributed by atoms with Crippen molar-refractivity contribution in [1.29, 1.82) is 0 Å². The Bertz CT molecular complexity index is 1220. The van der Waals surface area contributed by atoms with E-state index in [0.717, 1.165) is 11.3 Å². The molecule has 0 spiro atoms. The number of aromatic nitrogens is 3. The Morgan fingerprint density at radius 3 is 2.62 bits per heavy atom. The highest BCUT2D eigenvalue weighted by Gasteiger charge is 2.18. The van der Waals surface area contributed by atoms with Gasteiger partial charge in [-0.05, 0) is 42.5 Å². The van der Waals surface area contributed by atoms with Gasteiger partial charge in [0.15, 0.2) is 11.3 Å². The average molecular weight is 388 g/mol. The molecule has 0 saturated heterocycles. The molecule has 0 unspecified atom stereocenters. The Morgan fingerprint density at radius 1 is 1.07 bits per heavy atom. The molecule has 0 saturated carbocycles. The van der Waals surface area contributed by atoms with Gasteiger partial charge in [0, 0.05) is 29.4 Å². The molecule has 2 heterocycles. The number of hydrogen-bond acceptors (Lipinski definition) is 4. The fourth-order valence-corrected chi connectivity index (χ4v) is 3.04. The predicted octanol–water partition coefficient (Wildman–Crippen LogP) is 4.11. The van der Waals surface area contributed by atoms with Gasteiger partial charge >= 0.3 is 0 Å². The van der Waals surface area contributed by atoms with E-state index in [9.17, 15) is 14.0 Å². The lowest BCUT2D eigenvalue weighted by Gasteiger charge is -2.09. The van der Waals surface area contributed by atoms with Crippen molar-refractivity contribution in [3.05, 3.63) is 84.2 Å². The van der Waals surface area contributed by atoms with Crippen molar-refractivity contribution in [3.8, 4) is 11.3 Å². The second-order valence-corrected chi connectivity index (χ2v) is 6.44. The van der Waals surface area contributed by atoms with Crippen LogP contribution in [0.3, 0.4) is 0 Å². The Hall–Kier alpha value is -3.87.